The van der Waals surface area contributed by atoms with Crippen LogP contribution in [0.1, 0.15) is 100 Å². The molecule has 0 unspecified atom stereocenters. The fraction of sp³-hybridized carbons (Fsp3) is 0.0476. The Bertz CT molecular complexity index is 6840. The summed E-state index contributed by atoms with van der Waals surface area (Å²) in [6.07, 6.45) is 8.72. The third kappa shape index (κ3) is 20.9. The Morgan fingerprint density at radius 3 is 0.362 bits per heavy atom. The molecule has 0 atom stereocenters. The molecular formula is C126H94N4. The van der Waals surface area contributed by atoms with Crippen LogP contribution in [-0.4, -0.2) is 0 Å². The van der Waals surface area contributed by atoms with Gasteiger partial charge in [-0.2, -0.15) is 0 Å². The lowest BCUT2D eigenvalue weighted by atomic mass is 10.0. The molecule has 0 aliphatic carbocycles. The maximum Gasteiger partial charge on any atom is 0.0462 e. The van der Waals surface area contributed by atoms with Gasteiger partial charge in [0.15, 0.2) is 0 Å². The summed E-state index contributed by atoms with van der Waals surface area (Å²) >= 11 is 0. The summed E-state index contributed by atoms with van der Waals surface area (Å²) < 4.78 is 0. The third-order valence-electron chi connectivity index (χ3n) is 23.3. The zero-order valence-corrected chi connectivity index (χ0v) is 73.7. The second-order valence-corrected chi connectivity index (χ2v) is 32.9. The molecule has 0 N–H and O–H groups in total. The smallest absolute Gasteiger partial charge is 0.0462 e. The molecule has 0 fully saturated rings. The number of nitrogens with zero attached hydrogens (tertiary/aromatic N) is 4. The van der Waals surface area contributed by atoms with E-state index in [0.717, 1.165) is 157 Å². The van der Waals surface area contributed by atoms with Crippen LogP contribution in [0.3, 0.4) is 0 Å². The summed E-state index contributed by atoms with van der Waals surface area (Å²) in [6, 6.07) is 155. The molecule has 0 radical (unpaired) electrons. The normalized spacial score (nSPS) is 10.8. The number of hydrogen-bond donors (Lipinski definition) is 0. The highest BCUT2D eigenvalue weighted by Crippen LogP contribution is 2.41. The van der Waals surface area contributed by atoms with E-state index in [0.29, 0.717) is 0 Å². The fourth-order valence-corrected chi connectivity index (χ4v) is 15.7. The predicted octanol–water partition coefficient (Wildman–Crippen LogP) is 32.4. The lowest BCUT2D eigenvalue weighted by Crippen LogP contribution is -2.09. The van der Waals surface area contributed by atoms with Crippen molar-refractivity contribution in [3.63, 3.8) is 0 Å². The molecule has 0 aromatic heterocycles. The van der Waals surface area contributed by atoms with Crippen molar-refractivity contribution in [1.29, 1.82) is 0 Å². The van der Waals surface area contributed by atoms with Gasteiger partial charge < -0.3 is 19.6 Å². The zero-order valence-electron chi connectivity index (χ0n) is 73.7. The first-order valence-corrected chi connectivity index (χ1v) is 44.0. The van der Waals surface area contributed by atoms with Crippen LogP contribution >= 0.6 is 0 Å². The fourth-order valence-electron chi connectivity index (χ4n) is 15.7. The largest absolute Gasteiger partial charge is 0.311 e. The standard InChI is InChI=1S/C126H94N4/c1-91-7-67-115(68-8-91)127(116-69-9-92(2)10-70-116)121-79-43-103(44-80-121)25-19-97-31-55-109(56-32-97)112-61-37-100(38-62-112)22-28-106-49-85-124(86-50-106)130(125-87-51-107(52-88-125)29-23-101-39-63-113(64-40-101)110-57-33-98(34-58-110)20-26-104-45-81-122(82-46-104)128(117-71-11-93(3)12-72-117)118-73-13-94(4)14-74-118)126-89-53-108(54-90-126)30-24-102-41-65-114(66-42-102)111-59-35-99(36-60-111)21-27-105-47-83-123(84-48-105)129(119-75-15-95(5)16-76-119)120-77-17-96(6)18-78-120/h7-19,22,25,28,31-90H,1-6H3. The maximum atomic E-state index is 3.45. The second-order valence-electron chi connectivity index (χ2n) is 32.9. The topological polar surface area (TPSA) is 13.0 Å². The van der Waals surface area contributed by atoms with Crippen LogP contribution in [-0.2, 0) is 0 Å². The molecule has 0 spiro atoms. The van der Waals surface area contributed by atoms with Crippen LogP contribution in [0, 0.1) is 88.9 Å². The Labute approximate surface area is 766 Å². The Morgan fingerprint density at radius 1 is 0.123 bits per heavy atom. The van der Waals surface area contributed by atoms with Gasteiger partial charge in [0.05, 0.1) is 0 Å². The molecule has 0 saturated heterocycles. The van der Waals surface area contributed by atoms with Crippen LogP contribution in [0.4, 0.5) is 68.2 Å². The number of anilines is 12. The van der Waals surface area contributed by atoms with E-state index in [4.69, 9.17) is 0 Å². The molecule has 0 bridgehead atoms. The molecule has 130 heavy (non-hydrogen) atoms. The van der Waals surface area contributed by atoms with Crippen LogP contribution in [0.15, 0.2) is 437 Å². The van der Waals surface area contributed by atoms with E-state index < -0.39 is 0 Å². The number of aryl methyl sites for hydroxylation is 6. The molecule has 18 aromatic carbocycles. The van der Waals surface area contributed by atoms with Crippen molar-refractivity contribution >= 4 is 92.6 Å². The Kier molecular flexibility index (Phi) is 25.4. The molecule has 0 aliphatic rings. The molecule has 0 aliphatic heterocycles. The average Bonchev–Trinajstić information content (AvgIpc) is 0.800. The van der Waals surface area contributed by atoms with Gasteiger partial charge in [0.1, 0.15) is 0 Å². The molecule has 618 valence electrons. The van der Waals surface area contributed by atoms with Crippen molar-refractivity contribution < 1.29 is 0 Å². The van der Waals surface area contributed by atoms with E-state index >= 15 is 0 Å². The Balaban J connectivity index is 0.533. The minimum Gasteiger partial charge on any atom is -0.311 e. The van der Waals surface area contributed by atoms with E-state index in [1.807, 2.05) is 0 Å². The Morgan fingerprint density at radius 2 is 0.223 bits per heavy atom. The van der Waals surface area contributed by atoms with Crippen molar-refractivity contribution in [2.45, 2.75) is 41.5 Å². The summed E-state index contributed by atoms with van der Waals surface area (Å²) in [4.78, 5) is 9.15. The highest BCUT2D eigenvalue weighted by molar-refractivity contribution is 5.84. The summed E-state index contributed by atoms with van der Waals surface area (Å²) in [5.41, 5.74) is 39.2. The monoisotopic (exact) mass is 1660 g/mol. The number of benzene rings is 18. The van der Waals surface area contributed by atoms with Gasteiger partial charge in [-0.3, -0.25) is 0 Å². The van der Waals surface area contributed by atoms with E-state index in [-0.39, 0.29) is 0 Å². The van der Waals surface area contributed by atoms with E-state index in [9.17, 15) is 0 Å². The molecule has 0 amide bonds. The van der Waals surface area contributed by atoms with Crippen molar-refractivity contribution in [3.05, 3.63) is 537 Å². The molecule has 0 heterocycles. The highest BCUT2D eigenvalue weighted by atomic mass is 15.2. The van der Waals surface area contributed by atoms with E-state index in [2.05, 4.69) is 570 Å². The van der Waals surface area contributed by atoms with Gasteiger partial charge in [-0.1, -0.05) is 299 Å². The first-order chi connectivity index (χ1) is 63.8. The van der Waals surface area contributed by atoms with E-state index in [1.165, 1.54) is 44.5 Å². The van der Waals surface area contributed by atoms with Crippen LogP contribution in [0.2, 0.25) is 0 Å². The first kappa shape index (κ1) is 83.8. The van der Waals surface area contributed by atoms with Gasteiger partial charge in [0, 0.05) is 113 Å². The van der Waals surface area contributed by atoms with Gasteiger partial charge in [-0.15, -0.1) is 0 Å². The van der Waals surface area contributed by atoms with Crippen molar-refractivity contribution in [2.75, 3.05) is 19.6 Å². The lowest BCUT2D eigenvalue weighted by Gasteiger charge is -2.25. The maximum absolute atomic E-state index is 3.45. The van der Waals surface area contributed by atoms with Crippen molar-refractivity contribution in [2.24, 2.45) is 0 Å². The predicted molar refractivity (Wildman–Crippen MR) is 550 cm³/mol. The second kappa shape index (κ2) is 39.4. The van der Waals surface area contributed by atoms with Gasteiger partial charge in [-0.25, -0.2) is 0 Å². The first-order valence-electron chi connectivity index (χ1n) is 44.0. The molecule has 4 heteroatoms. The van der Waals surface area contributed by atoms with Gasteiger partial charge >= 0.3 is 0 Å². The molecule has 0 saturated carbocycles. The summed E-state index contributed by atoms with van der Waals surface area (Å²) in [5.74, 6) is 27.3. The van der Waals surface area contributed by atoms with Crippen LogP contribution < -0.4 is 19.6 Å². The quantitative estimate of drug-likeness (QED) is 0.0591. The van der Waals surface area contributed by atoms with Crippen molar-refractivity contribution in [1.82, 2.24) is 0 Å². The van der Waals surface area contributed by atoms with E-state index in [1.54, 1.807) is 0 Å². The average molecular weight is 1660 g/mol. The SMILES string of the molecule is Cc1ccc(N(c2ccc(C)cc2)c2ccc(C#Cc3ccc(-c4ccc(C#Cc5ccc(N(c6ccc(C#Cc7ccc(-c8ccc(C#Cc9ccc(N(c%10ccc(C)cc%10)c%10ccc(C)cc%10)cc9)cc8)cc7)cc6)c6ccc(C=Cc7ccc(-c8ccc(C=Cc9ccc(N(c%10ccc(C)cc%10)c%10ccc(C)cc%10)cc9)cc8)cc7)cc6)cc5)cc4)cc3)cc2)cc1. The molecule has 4 nitrogen and oxygen atoms in total. The summed E-state index contributed by atoms with van der Waals surface area (Å²) in [5, 5.41) is 0. The molecule has 18 rings (SSSR count). The van der Waals surface area contributed by atoms with Crippen LogP contribution in [0.25, 0.3) is 57.7 Å². The molecular weight excluding hydrogens is 1570 g/mol. The van der Waals surface area contributed by atoms with Gasteiger partial charge in [0.2, 0.25) is 0 Å². The molecule has 18 aromatic rings. The highest BCUT2D eigenvalue weighted by Gasteiger charge is 2.18. The van der Waals surface area contributed by atoms with Gasteiger partial charge in [-0.05, 0) is 340 Å². The number of hydrogen-bond acceptors (Lipinski definition) is 4. The third-order valence-corrected chi connectivity index (χ3v) is 23.3. The number of rotatable bonds is 19. The van der Waals surface area contributed by atoms with Crippen molar-refractivity contribution in [3.8, 4) is 80.7 Å². The lowest BCUT2D eigenvalue weighted by molar-refractivity contribution is 1.27. The van der Waals surface area contributed by atoms with Gasteiger partial charge in [0.25, 0.3) is 0 Å². The summed E-state index contributed by atoms with van der Waals surface area (Å²) in [7, 11) is 0. The minimum absolute atomic E-state index is 0.915. The Hall–Kier alpha value is -17.1. The van der Waals surface area contributed by atoms with Crippen LogP contribution in [0.5, 0.6) is 0 Å². The summed E-state index contributed by atoms with van der Waals surface area (Å²) in [6.45, 7) is 12.7. The zero-order chi connectivity index (χ0) is 88.5. The minimum atomic E-state index is 0.915.